The van der Waals surface area contributed by atoms with E-state index in [1.165, 1.54) is 25.3 Å². The number of carbonyl (C=O) groups is 2. The summed E-state index contributed by atoms with van der Waals surface area (Å²) in [6, 6.07) is 2.74. The molecule has 0 aliphatic carbocycles. The van der Waals surface area contributed by atoms with Crippen LogP contribution in [0.25, 0.3) is 5.65 Å². The van der Waals surface area contributed by atoms with Crippen molar-refractivity contribution in [3.63, 3.8) is 0 Å². The van der Waals surface area contributed by atoms with Crippen LogP contribution in [0.1, 0.15) is 21.6 Å². The summed E-state index contributed by atoms with van der Waals surface area (Å²) >= 11 is 0. The lowest BCUT2D eigenvalue weighted by Gasteiger charge is -2.08. The van der Waals surface area contributed by atoms with E-state index < -0.39 is 23.9 Å². The van der Waals surface area contributed by atoms with Crippen LogP contribution in [0.2, 0.25) is 0 Å². The number of carboxylic acids is 2. The molecule has 7 nitrogen and oxygen atoms in total. The second kappa shape index (κ2) is 4.52. The molecule has 0 aliphatic rings. The van der Waals surface area contributed by atoms with Gasteiger partial charge in [-0.2, -0.15) is 0 Å². The molecule has 0 amide bonds. The van der Waals surface area contributed by atoms with Crippen molar-refractivity contribution in [3.05, 3.63) is 45.5 Å². The number of aromatic nitrogens is 2. The number of nitrogens with zero attached hydrogens (tertiary/aromatic N) is 2. The predicted molar refractivity (Wildman–Crippen MR) is 64.5 cm³/mol. The third-order valence-corrected chi connectivity index (χ3v) is 2.71. The first kappa shape index (κ1) is 12.7. The summed E-state index contributed by atoms with van der Waals surface area (Å²) < 4.78 is 1.05. The molecule has 2 N–H and O–H groups in total. The van der Waals surface area contributed by atoms with E-state index in [1.54, 1.807) is 0 Å². The Kier molecular flexibility index (Phi) is 3.04. The van der Waals surface area contributed by atoms with Gasteiger partial charge in [0.1, 0.15) is 5.56 Å². The van der Waals surface area contributed by atoms with Gasteiger partial charge in [-0.3, -0.25) is 14.0 Å². The van der Waals surface area contributed by atoms with Gasteiger partial charge in [-0.25, -0.2) is 9.78 Å². The predicted octanol–water partition coefficient (Wildman–Crippen LogP) is 0.328. The molecule has 0 aliphatic heterocycles. The molecule has 0 radical (unpaired) electrons. The minimum Gasteiger partial charge on any atom is -0.481 e. The lowest BCUT2D eigenvalue weighted by molar-refractivity contribution is -0.136. The number of aliphatic carboxylic acids is 1. The number of hydrogen-bond donors (Lipinski definition) is 2. The SMILES string of the molecule is Cc1nc2c(C(=O)O)cccn2c(=O)c1CC(=O)O. The van der Waals surface area contributed by atoms with Crippen LogP contribution in [0.3, 0.4) is 0 Å². The van der Waals surface area contributed by atoms with E-state index in [-0.39, 0.29) is 22.5 Å². The Hall–Kier alpha value is -2.70. The smallest absolute Gasteiger partial charge is 0.339 e. The summed E-state index contributed by atoms with van der Waals surface area (Å²) in [6.07, 6.45) is 0.916. The van der Waals surface area contributed by atoms with Crippen LogP contribution in [0.4, 0.5) is 0 Å². The van der Waals surface area contributed by atoms with Gasteiger partial charge in [0.15, 0.2) is 5.65 Å². The molecule has 0 saturated carbocycles. The van der Waals surface area contributed by atoms with Crippen molar-refractivity contribution in [2.75, 3.05) is 0 Å². The van der Waals surface area contributed by atoms with Crippen molar-refractivity contribution >= 4 is 17.6 Å². The molecule has 2 aromatic rings. The van der Waals surface area contributed by atoms with Gasteiger partial charge < -0.3 is 10.2 Å². The molecular formula is C12H10N2O5. The first-order valence-electron chi connectivity index (χ1n) is 5.37. The van der Waals surface area contributed by atoms with Gasteiger partial charge in [0.25, 0.3) is 5.56 Å². The Morgan fingerprint density at radius 2 is 2.05 bits per heavy atom. The van der Waals surface area contributed by atoms with Crippen LogP contribution in [-0.2, 0) is 11.2 Å². The molecule has 2 rings (SSSR count). The maximum absolute atomic E-state index is 12.1. The summed E-state index contributed by atoms with van der Waals surface area (Å²) in [5, 5.41) is 17.8. The molecule has 0 atom stereocenters. The second-order valence-corrected chi connectivity index (χ2v) is 3.97. The van der Waals surface area contributed by atoms with E-state index in [4.69, 9.17) is 10.2 Å². The van der Waals surface area contributed by atoms with Gasteiger partial charge in [-0.05, 0) is 19.1 Å². The summed E-state index contributed by atoms with van der Waals surface area (Å²) in [4.78, 5) is 37.9. The Morgan fingerprint density at radius 1 is 1.37 bits per heavy atom. The summed E-state index contributed by atoms with van der Waals surface area (Å²) in [7, 11) is 0. The third kappa shape index (κ3) is 2.17. The van der Waals surface area contributed by atoms with E-state index >= 15 is 0 Å². The maximum atomic E-state index is 12.1. The Labute approximate surface area is 106 Å². The van der Waals surface area contributed by atoms with Gasteiger partial charge in [-0.15, -0.1) is 0 Å². The minimum absolute atomic E-state index is 0.00615. The first-order valence-corrected chi connectivity index (χ1v) is 5.37. The standard InChI is InChI=1S/C12H10N2O5/c1-6-8(5-9(15)16)11(17)14-4-2-3-7(12(18)19)10(14)13-6/h2-4H,5H2,1H3,(H,15,16)(H,18,19). The second-order valence-electron chi connectivity index (χ2n) is 3.97. The van der Waals surface area contributed by atoms with Crippen molar-refractivity contribution < 1.29 is 19.8 Å². The van der Waals surface area contributed by atoms with Crippen LogP contribution < -0.4 is 5.56 Å². The van der Waals surface area contributed by atoms with Crippen LogP contribution in [0.5, 0.6) is 0 Å². The number of carboxylic acid groups (broad SMARTS) is 2. The summed E-state index contributed by atoms with van der Waals surface area (Å²) in [5.74, 6) is -2.34. The quantitative estimate of drug-likeness (QED) is 0.824. The van der Waals surface area contributed by atoms with Crippen molar-refractivity contribution in [3.8, 4) is 0 Å². The van der Waals surface area contributed by atoms with Gasteiger partial charge in [0.2, 0.25) is 0 Å². The zero-order valence-electron chi connectivity index (χ0n) is 9.95. The molecule has 2 heterocycles. The summed E-state index contributed by atoms with van der Waals surface area (Å²) in [5.41, 5.74) is -0.391. The third-order valence-electron chi connectivity index (χ3n) is 2.71. The van der Waals surface area contributed by atoms with Gasteiger partial charge in [-0.1, -0.05) is 0 Å². The number of pyridine rings is 1. The van der Waals surface area contributed by atoms with Crippen LogP contribution in [0, 0.1) is 6.92 Å². The average molecular weight is 262 g/mol. The molecule has 0 fully saturated rings. The molecule has 7 heteroatoms. The number of rotatable bonds is 3. The highest BCUT2D eigenvalue weighted by Gasteiger charge is 2.16. The molecule has 98 valence electrons. The van der Waals surface area contributed by atoms with Crippen molar-refractivity contribution in [1.29, 1.82) is 0 Å². The zero-order valence-corrected chi connectivity index (χ0v) is 9.95. The van der Waals surface area contributed by atoms with Gasteiger partial charge in [0, 0.05) is 11.9 Å². The van der Waals surface area contributed by atoms with Crippen LogP contribution >= 0.6 is 0 Å². The highest BCUT2D eigenvalue weighted by Crippen LogP contribution is 2.10. The Balaban J connectivity index is 2.84. The molecule has 0 aromatic carbocycles. The fraction of sp³-hybridized carbons (Fsp3) is 0.167. The van der Waals surface area contributed by atoms with E-state index in [1.807, 2.05) is 0 Å². The number of fused-ring (bicyclic) bond motifs is 1. The Bertz CT molecular complexity index is 748. The lowest BCUT2D eigenvalue weighted by Crippen LogP contribution is -2.24. The molecule has 2 aromatic heterocycles. The number of aryl methyl sites for hydroxylation is 1. The molecule has 0 spiro atoms. The zero-order chi connectivity index (χ0) is 14.2. The Morgan fingerprint density at radius 3 is 2.63 bits per heavy atom. The van der Waals surface area contributed by atoms with E-state index in [0.29, 0.717) is 0 Å². The fourth-order valence-corrected chi connectivity index (χ4v) is 1.83. The van der Waals surface area contributed by atoms with Crippen LogP contribution in [-0.4, -0.2) is 31.5 Å². The minimum atomic E-state index is -1.20. The molecule has 19 heavy (non-hydrogen) atoms. The van der Waals surface area contributed by atoms with Crippen molar-refractivity contribution in [1.82, 2.24) is 9.38 Å². The normalized spacial score (nSPS) is 10.6. The average Bonchev–Trinajstić information content (AvgIpc) is 2.33. The van der Waals surface area contributed by atoms with E-state index in [9.17, 15) is 14.4 Å². The molecule has 0 saturated heterocycles. The van der Waals surface area contributed by atoms with E-state index in [0.717, 1.165) is 4.40 Å². The largest absolute Gasteiger partial charge is 0.481 e. The van der Waals surface area contributed by atoms with Gasteiger partial charge >= 0.3 is 11.9 Å². The summed E-state index contributed by atoms with van der Waals surface area (Å²) in [6.45, 7) is 1.48. The number of hydrogen-bond acceptors (Lipinski definition) is 4. The van der Waals surface area contributed by atoms with E-state index in [2.05, 4.69) is 4.98 Å². The highest BCUT2D eigenvalue weighted by molar-refractivity contribution is 5.94. The lowest BCUT2D eigenvalue weighted by atomic mass is 10.1. The van der Waals surface area contributed by atoms with Gasteiger partial charge in [0.05, 0.1) is 12.0 Å². The molecule has 0 bridgehead atoms. The topological polar surface area (TPSA) is 109 Å². The highest BCUT2D eigenvalue weighted by atomic mass is 16.4. The van der Waals surface area contributed by atoms with Crippen molar-refractivity contribution in [2.45, 2.75) is 13.3 Å². The molecular weight excluding hydrogens is 252 g/mol. The number of aromatic carboxylic acids is 1. The maximum Gasteiger partial charge on any atom is 0.339 e. The monoisotopic (exact) mass is 262 g/mol. The van der Waals surface area contributed by atoms with Crippen molar-refractivity contribution in [2.24, 2.45) is 0 Å². The first-order chi connectivity index (χ1) is 8.91. The van der Waals surface area contributed by atoms with Crippen LogP contribution in [0.15, 0.2) is 23.1 Å². The molecule has 0 unspecified atom stereocenters. The fourth-order valence-electron chi connectivity index (χ4n) is 1.83.